The molecule has 1 aromatic rings. The predicted molar refractivity (Wildman–Crippen MR) is 102 cm³/mol. The van der Waals surface area contributed by atoms with Crippen LogP contribution in [0.25, 0.3) is 5.57 Å². The molecule has 2 aliphatic rings. The predicted octanol–water partition coefficient (Wildman–Crippen LogP) is 1.84. The van der Waals surface area contributed by atoms with E-state index in [0.29, 0.717) is 36.0 Å². The largest absolute Gasteiger partial charge is 0.384 e. The van der Waals surface area contributed by atoms with Crippen molar-refractivity contribution in [3.63, 3.8) is 0 Å². The van der Waals surface area contributed by atoms with E-state index >= 15 is 0 Å². The van der Waals surface area contributed by atoms with Gasteiger partial charge in [0.25, 0.3) is 5.91 Å². The molecule has 0 aromatic carbocycles. The molecular weight excluding hydrogens is 330 g/mol. The zero-order valence-corrected chi connectivity index (χ0v) is 15.0. The summed E-state index contributed by atoms with van der Waals surface area (Å²) in [5, 5.41) is 0. The number of allylic oxidation sites excluding steroid dienone is 1. The Kier molecular flexibility index (Phi) is 4.90. The lowest BCUT2D eigenvalue weighted by molar-refractivity contribution is -0.123. The van der Waals surface area contributed by atoms with Crippen LogP contribution in [0, 0.1) is 0 Å². The van der Waals surface area contributed by atoms with Crippen LogP contribution in [-0.4, -0.2) is 40.9 Å². The minimum Gasteiger partial charge on any atom is -0.384 e. The first-order chi connectivity index (χ1) is 12.4. The molecule has 1 amide bonds. The van der Waals surface area contributed by atoms with Gasteiger partial charge in [0, 0.05) is 29.5 Å². The SMILES string of the molecule is C=C(N)/N=C1\C(=C(C)C)C=C(c2ccc(N)nc2)C(=O)N1C1CCOC1. The van der Waals surface area contributed by atoms with Crippen LogP contribution in [0.5, 0.6) is 0 Å². The number of hydrogen-bond donors (Lipinski definition) is 2. The molecule has 26 heavy (non-hydrogen) atoms. The summed E-state index contributed by atoms with van der Waals surface area (Å²) in [5.41, 5.74) is 14.5. The molecule has 136 valence electrons. The Morgan fingerprint density at radius 1 is 1.42 bits per heavy atom. The molecule has 3 rings (SSSR count). The van der Waals surface area contributed by atoms with Gasteiger partial charge < -0.3 is 16.2 Å². The van der Waals surface area contributed by atoms with Crippen molar-refractivity contribution >= 4 is 23.1 Å². The van der Waals surface area contributed by atoms with E-state index in [9.17, 15) is 4.79 Å². The van der Waals surface area contributed by atoms with Crippen molar-refractivity contribution in [3.05, 3.63) is 53.5 Å². The molecule has 0 aliphatic carbocycles. The number of pyridine rings is 1. The quantitative estimate of drug-likeness (QED) is 0.862. The average molecular weight is 353 g/mol. The Balaban J connectivity index is 2.18. The molecule has 1 saturated heterocycles. The summed E-state index contributed by atoms with van der Waals surface area (Å²) in [5.74, 6) is 0.923. The Bertz CT molecular complexity index is 826. The summed E-state index contributed by atoms with van der Waals surface area (Å²) in [4.78, 5) is 23.5. The van der Waals surface area contributed by atoms with Crippen molar-refractivity contribution in [3.8, 4) is 0 Å². The first-order valence-corrected chi connectivity index (χ1v) is 8.44. The number of aliphatic imine (C=N–C) groups is 1. The molecule has 0 spiro atoms. The second kappa shape index (κ2) is 7.13. The second-order valence-electron chi connectivity index (χ2n) is 6.56. The van der Waals surface area contributed by atoms with E-state index in [1.54, 1.807) is 23.2 Å². The minimum atomic E-state index is -0.155. The second-order valence-corrected chi connectivity index (χ2v) is 6.56. The summed E-state index contributed by atoms with van der Waals surface area (Å²) < 4.78 is 5.50. The molecule has 2 aliphatic heterocycles. The Labute approximate surface area is 152 Å². The molecule has 7 nitrogen and oxygen atoms in total. The van der Waals surface area contributed by atoms with Crippen molar-refractivity contribution in [2.75, 3.05) is 18.9 Å². The molecule has 1 aromatic heterocycles. The minimum absolute atomic E-state index is 0.0969. The van der Waals surface area contributed by atoms with Crippen molar-refractivity contribution in [1.29, 1.82) is 0 Å². The van der Waals surface area contributed by atoms with Gasteiger partial charge in [-0.1, -0.05) is 12.2 Å². The van der Waals surface area contributed by atoms with Gasteiger partial charge in [-0.25, -0.2) is 9.98 Å². The van der Waals surface area contributed by atoms with Crippen molar-refractivity contribution in [1.82, 2.24) is 9.88 Å². The highest BCUT2D eigenvalue weighted by Crippen LogP contribution is 2.31. The standard InChI is InChI=1S/C19H23N5O2/c1-11(2)15-8-16(13-4-5-17(21)22-9-13)19(25)24(14-6-7-26-10-14)18(15)23-12(3)20/h4-5,8-9,14H,3,6-7,10,20H2,1-2H3,(H2,21,22)/b23-18+. The van der Waals surface area contributed by atoms with Crippen LogP contribution < -0.4 is 11.5 Å². The summed E-state index contributed by atoms with van der Waals surface area (Å²) in [6.45, 7) is 8.68. The molecule has 3 heterocycles. The van der Waals surface area contributed by atoms with Gasteiger partial charge in [0.05, 0.1) is 12.6 Å². The van der Waals surface area contributed by atoms with Crippen molar-refractivity contribution in [2.45, 2.75) is 26.3 Å². The Morgan fingerprint density at radius 2 is 2.19 bits per heavy atom. The monoisotopic (exact) mass is 353 g/mol. The number of nitrogen functional groups attached to an aromatic ring is 1. The average Bonchev–Trinajstić information content (AvgIpc) is 3.09. The van der Waals surface area contributed by atoms with Gasteiger partial charge in [0.2, 0.25) is 0 Å². The summed E-state index contributed by atoms with van der Waals surface area (Å²) in [6, 6.07) is 3.38. The van der Waals surface area contributed by atoms with Gasteiger partial charge in [-0.05, 0) is 38.5 Å². The van der Waals surface area contributed by atoms with Crippen LogP contribution in [0.1, 0.15) is 25.8 Å². The summed E-state index contributed by atoms with van der Waals surface area (Å²) in [7, 11) is 0. The number of nitrogens with zero attached hydrogens (tertiary/aromatic N) is 3. The zero-order valence-electron chi connectivity index (χ0n) is 15.0. The number of aromatic nitrogens is 1. The van der Waals surface area contributed by atoms with E-state index in [1.165, 1.54) is 0 Å². The van der Waals surface area contributed by atoms with Crippen molar-refractivity contribution in [2.24, 2.45) is 10.7 Å². The van der Waals surface area contributed by atoms with Crippen LogP contribution in [0.15, 0.2) is 52.9 Å². The number of ether oxygens (including phenoxy) is 1. The van der Waals surface area contributed by atoms with Gasteiger partial charge in [0.1, 0.15) is 17.5 Å². The number of hydrogen-bond acceptors (Lipinski definition) is 6. The molecule has 4 N–H and O–H groups in total. The summed E-state index contributed by atoms with van der Waals surface area (Å²) >= 11 is 0. The van der Waals surface area contributed by atoms with Gasteiger partial charge in [-0.2, -0.15) is 0 Å². The number of anilines is 1. The van der Waals surface area contributed by atoms with E-state index < -0.39 is 0 Å². The topological polar surface area (TPSA) is 107 Å². The Morgan fingerprint density at radius 3 is 2.73 bits per heavy atom. The number of amides is 1. The summed E-state index contributed by atoms with van der Waals surface area (Å²) in [6.07, 6.45) is 4.18. The third kappa shape index (κ3) is 3.39. The van der Waals surface area contributed by atoms with Crippen LogP contribution in [0.4, 0.5) is 5.82 Å². The van der Waals surface area contributed by atoms with Crippen molar-refractivity contribution < 1.29 is 9.53 Å². The smallest absolute Gasteiger partial charge is 0.260 e. The lowest BCUT2D eigenvalue weighted by Gasteiger charge is -2.34. The van der Waals surface area contributed by atoms with E-state index in [1.807, 2.05) is 19.9 Å². The molecule has 1 fully saturated rings. The van der Waals surface area contributed by atoms with Gasteiger partial charge in [-0.3, -0.25) is 9.69 Å². The lowest BCUT2D eigenvalue weighted by Crippen LogP contribution is -2.48. The molecule has 1 unspecified atom stereocenters. The number of carbonyl (C=O) groups is 1. The van der Waals surface area contributed by atoms with E-state index in [0.717, 1.165) is 17.6 Å². The normalized spacial score (nSPS) is 21.9. The molecule has 0 bridgehead atoms. The van der Waals surface area contributed by atoms with Crippen LogP contribution in [0.3, 0.4) is 0 Å². The number of rotatable bonds is 3. The fourth-order valence-corrected chi connectivity index (χ4v) is 3.08. The van der Waals surface area contributed by atoms with Crippen LogP contribution in [-0.2, 0) is 9.53 Å². The number of amidine groups is 1. The van der Waals surface area contributed by atoms with Gasteiger partial charge in [-0.15, -0.1) is 0 Å². The highest BCUT2D eigenvalue weighted by atomic mass is 16.5. The first-order valence-electron chi connectivity index (χ1n) is 8.44. The molecule has 0 saturated carbocycles. The fourth-order valence-electron chi connectivity index (χ4n) is 3.08. The number of nitrogens with two attached hydrogens (primary N) is 2. The third-order valence-corrected chi connectivity index (χ3v) is 4.36. The molecular formula is C19H23N5O2. The van der Waals surface area contributed by atoms with Gasteiger partial charge >= 0.3 is 0 Å². The highest BCUT2D eigenvalue weighted by Gasteiger charge is 2.38. The first kappa shape index (κ1) is 17.9. The maximum absolute atomic E-state index is 13.3. The number of carbonyl (C=O) groups excluding carboxylic acids is 1. The lowest BCUT2D eigenvalue weighted by atomic mass is 9.94. The van der Waals surface area contributed by atoms with Gasteiger partial charge in [0.15, 0.2) is 0 Å². The van der Waals surface area contributed by atoms with E-state index in [2.05, 4.69) is 16.6 Å². The third-order valence-electron chi connectivity index (χ3n) is 4.36. The van der Waals surface area contributed by atoms with E-state index in [-0.39, 0.29) is 17.8 Å². The van der Waals surface area contributed by atoms with Crippen LogP contribution in [0.2, 0.25) is 0 Å². The van der Waals surface area contributed by atoms with Crippen LogP contribution >= 0.6 is 0 Å². The maximum atomic E-state index is 13.3. The highest BCUT2D eigenvalue weighted by molar-refractivity contribution is 6.31. The molecule has 0 radical (unpaired) electrons. The maximum Gasteiger partial charge on any atom is 0.260 e. The Hall–Kier alpha value is -2.93. The zero-order chi connectivity index (χ0) is 18.8. The molecule has 1 atom stereocenters. The fraction of sp³-hybridized carbons (Fsp3) is 0.316. The molecule has 7 heteroatoms. The van der Waals surface area contributed by atoms with E-state index in [4.69, 9.17) is 16.2 Å².